The number of carbonyl (C=O) groups is 2. The third kappa shape index (κ3) is 9.00. The minimum atomic E-state index is -4.69. The molecule has 0 fully saturated rings. The fourth-order valence-electron chi connectivity index (χ4n) is 4.29. The summed E-state index contributed by atoms with van der Waals surface area (Å²) in [5.41, 5.74) is -0.0850. The average Bonchev–Trinajstić information content (AvgIpc) is 3.43. The monoisotopic (exact) mass is 609 g/mol. The first-order chi connectivity index (χ1) is 20.1. The number of ether oxygens (including phenoxy) is 1. The number of carbonyl (C=O) groups excluding carboxylic acids is 1. The number of aliphatic carboxylic acids is 1. The van der Waals surface area contributed by atoms with Crippen molar-refractivity contribution in [2.75, 3.05) is 12.0 Å². The zero-order chi connectivity index (χ0) is 30.3. The van der Waals surface area contributed by atoms with Gasteiger partial charge in [-0.2, -0.15) is 24.9 Å². The van der Waals surface area contributed by atoms with Gasteiger partial charge in [0.2, 0.25) is 0 Å². The number of nitrogens with one attached hydrogen (secondary N) is 1. The molecule has 0 spiro atoms. The van der Waals surface area contributed by atoms with Crippen LogP contribution in [-0.4, -0.2) is 35.0 Å². The first kappa shape index (κ1) is 34.0. The number of amides is 1. The van der Waals surface area contributed by atoms with Crippen molar-refractivity contribution in [1.29, 1.82) is 0 Å². The molecule has 0 saturated heterocycles. The molecule has 6 nitrogen and oxygen atoms in total. The number of benzene rings is 3. The minimum Gasteiger partial charge on any atom is -1.00 e. The van der Waals surface area contributed by atoms with Gasteiger partial charge >= 0.3 is 31.0 Å². The predicted molar refractivity (Wildman–Crippen MR) is 152 cm³/mol. The zero-order valence-electron chi connectivity index (χ0n) is 24.4. The van der Waals surface area contributed by atoms with Crippen LogP contribution in [0.1, 0.15) is 35.1 Å². The number of carboxylic acid groups (broad SMARTS) is 1. The topological polar surface area (TPSA) is 88.8 Å². The third-order valence-electron chi connectivity index (χ3n) is 6.37. The Balaban J connectivity index is 0.00000337. The second kappa shape index (κ2) is 15.3. The van der Waals surface area contributed by atoms with Crippen LogP contribution in [0.25, 0.3) is 22.5 Å². The Bertz CT molecular complexity index is 1550. The number of alkyl halides is 3. The van der Waals surface area contributed by atoms with E-state index in [2.05, 4.69) is 5.32 Å². The third-order valence-corrected chi connectivity index (χ3v) is 7.01. The molecule has 222 valence electrons. The maximum Gasteiger partial charge on any atom is 1.00 e. The van der Waals surface area contributed by atoms with Crippen LogP contribution < -0.4 is 24.2 Å². The van der Waals surface area contributed by atoms with Crippen LogP contribution in [0.4, 0.5) is 17.6 Å². The molecule has 1 heterocycles. The van der Waals surface area contributed by atoms with Gasteiger partial charge in [-0.1, -0.05) is 24.3 Å². The molecule has 1 unspecified atom stereocenters. The maximum absolute atomic E-state index is 13.9. The first-order valence-electron chi connectivity index (χ1n) is 12.8. The van der Waals surface area contributed by atoms with Gasteiger partial charge in [0.25, 0.3) is 5.91 Å². The van der Waals surface area contributed by atoms with Crippen LogP contribution >= 0.6 is 11.8 Å². The Morgan fingerprint density at radius 1 is 1.00 bits per heavy atom. The van der Waals surface area contributed by atoms with Crippen molar-refractivity contribution in [2.45, 2.75) is 31.9 Å². The molecule has 4 rings (SSSR count). The van der Waals surface area contributed by atoms with E-state index in [0.717, 1.165) is 6.07 Å². The number of furan rings is 1. The molecule has 1 aromatic heterocycles. The normalized spacial score (nSPS) is 11.9. The van der Waals surface area contributed by atoms with Crippen LogP contribution in [0.15, 0.2) is 83.3 Å². The Labute approximate surface area is 263 Å². The number of halogens is 4. The molecule has 43 heavy (non-hydrogen) atoms. The second-order valence-electron chi connectivity index (χ2n) is 9.33. The second-order valence-corrected chi connectivity index (χ2v) is 10.3. The van der Waals surface area contributed by atoms with E-state index >= 15 is 0 Å². The molecule has 1 amide bonds. The molecule has 0 radical (unpaired) electrons. The molecular formula is C31H28F4LiNO5S. The first-order valence-corrected chi connectivity index (χ1v) is 14.2. The fraction of sp³-hybridized carbons (Fsp3) is 0.226. The Morgan fingerprint density at radius 3 is 2.40 bits per heavy atom. The molecule has 3 aromatic carbocycles. The van der Waals surface area contributed by atoms with E-state index in [1.807, 2.05) is 0 Å². The van der Waals surface area contributed by atoms with Crippen molar-refractivity contribution in [3.05, 3.63) is 107 Å². The van der Waals surface area contributed by atoms with Crippen molar-refractivity contribution in [3.8, 4) is 22.5 Å². The van der Waals surface area contributed by atoms with Gasteiger partial charge in [0.05, 0.1) is 12.2 Å². The summed E-state index contributed by atoms with van der Waals surface area (Å²) < 4.78 is 66.5. The molecule has 0 aliphatic heterocycles. The van der Waals surface area contributed by atoms with Crippen LogP contribution in [0, 0.1) is 5.82 Å². The van der Waals surface area contributed by atoms with Crippen molar-refractivity contribution < 1.29 is 61.7 Å². The minimum absolute atomic E-state index is 0. The van der Waals surface area contributed by atoms with E-state index in [-0.39, 0.29) is 62.4 Å². The zero-order valence-corrected chi connectivity index (χ0v) is 24.2. The standard InChI is InChI=1S/C31H27F4NO5S.Li.H/c1-42-15-14-27(30(38)39)36-29(37)24-12-6-19(16-25(24)23-4-2-3-5-26(23)31(33,34)35)17-40-18-22-11-13-28(41-22)20-7-9-21(32)10-8-20;;/h2-13,16,27H,14-15,17-18H2,1H3,(H,36,37)(H,38,39);;/q;+1;-1. The van der Waals surface area contributed by atoms with Crippen LogP contribution in [0.3, 0.4) is 0 Å². The van der Waals surface area contributed by atoms with Gasteiger partial charge in [0.1, 0.15) is 30.0 Å². The quantitative estimate of drug-likeness (QED) is 0.181. The number of carboxylic acids is 1. The van der Waals surface area contributed by atoms with E-state index in [1.165, 1.54) is 54.2 Å². The average molecular weight is 610 g/mol. The number of hydrogen-bond donors (Lipinski definition) is 2. The molecule has 0 bridgehead atoms. The van der Waals surface area contributed by atoms with Crippen molar-refractivity contribution in [1.82, 2.24) is 5.32 Å². The van der Waals surface area contributed by atoms with Gasteiger partial charge < -0.3 is 21.0 Å². The summed E-state index contributed by atoms with van der Waals surface area (Å²) >= 11 is 1.41. The Morgan fingerprint density at radius 2 is 1.72 bits per heavy atom. The van der Waals surface area contributed by atoms with Crippen LogP contribution in [0.2, 0.25) is 0 Å². The van der Waals surface area contributed by atoms with Crippen molar-refractivity contribution >= 4 is 23.6 Å². The summed E-state index contributed by atoms with van der Waals surface area (Å²) in [5.74, 6) is -0.928. The largest absolute Gasteiger partial charge is 1.00 e. The molecule has 4 aromatic rings. The molecule has 1 atom stereocenters. The molecular weight excluding hydrogens is 581 g/mol. The van der Waals surface area contributed by atoms with Gasteiger partial charge in [-0.05, 0) is 89.7 Å². The van der Waals surface area contributed by atoms with E-state index < -0.39 is 29.7 Å². The smallest absolute Gasteiger partial charge is 1.00 e. The van der Waals surface area contributed by atoms with E-state index in [1.54, 1.807) is 36.6 Å². The predicted octanol–water partition coefficient (Wildman–Crippen LogP) is 4.54. The van der Waals surface area contributed by atoms with E-state index in [9.17, 15) is 32.3 Å². The molecule has 0 aliphatic carbocycles. The maximum atomic E-state index is 13.9. The van der Waals surface area contributed by atoms with Gasteiger partial charge in [-0.25, -0.2) is 9.18 Å². The van der Waals surface area contributed by atoms with Crippen LogP contribution in [0.5, 0.6) is 0 Å². The van der Waals surface area contributed by atoms with E-state index in [4.69, 9.17) is 9.15 Å². The SMILES string of the molecule is CSCCC(NC(=O)c1ccc(COCc2ccc(-c3ccc(F)cc3)o2)cc1-c1ccccc1C(F)(F)F)C(=O)O.[H-].[Li+]. The van der Waals surface area contributed by atoms with E-state index in [0.29, 0.717) is 28.4 Å². The van der Waals surface area contributed by atoms with Gasteiger partial charge in [-0.3, -0.25) is 4.79 Å². The number of thioether (sulfide) groups is 1. The number of hydrogen-bond acceptors (Lipinski definition) is 5. The molecule has 2 N–H and O–H groups in total. The van der Waals surface area contributed by atoms with Gasteiger partial charge in [0, 0.05) is 11.1 Å². The summed E-state index contributed by atoms with van der Waals surface area (Å²) in [7, 11) is 0. The number of rotatable bonds is 12. The Kier molecular flexibility index (Phi) is 12.1. The van der Waals surface area contributed by atoms with Crippen LogP contribution in [-0.2, 0) is 28.9 Å². The summed E-state index contributed by atoms with van der Waals surface area (Å²) in [6.45, 7) is 0.0365. The molecule has 0 saturated carbocycles. The summed E-state index contributed by atoms with van der Waals surface area (Å²) in [5, 5.41) is 12.0. The summed E-state index contributed by atoms with van der Waals surface area (Å²) in [6.07, 6.45) is -2.75. The Hall–Kier alpha value is -3.49. The molecule has 12 heteroatoms. The molecule has 0 aliphatic rings. The summed E-state index contributed by atoms with van der Waals surface area (Å²) in [6, 6.07) is 17.2. The van der Waals surface area contributed by atoms with Crippen molar-refractivity contribution in [2.24, 2.45) is 0 Å². The summed E-state index contributed by atoms with van der Waals surface area (Å²) in [4.78, 5) is 24.9. The van der Waals surface area contributed by atoms with Crippen molar-refractivity contribution in [3.63, 3.8) is 0 Å². The van der Waals surface area contributed by atoms with Gasteiger partial charge in [-0.15, -0.1) is 0 Å². The van der Waals surface area contributed by atoms with Gasteiger partial charge in [0.15, 0.2) is 0 Å². The fourth-order valence-corrected chi connectivity index (χ4v) is 4.76.